The summed E-state index contributed by atoms with van der Waals surface area (Å²) in [4.78, 5) is 0. The van der Waals surface area contributed by atoms with Crippen molar-refractivity contribution in [3.8, 4) is 0 Å². The van der Waals surface area contributed by atoms with Crippen molar-refractivity contribution in [2.45, 2.75) is 0 Å². The predicted molar refractivity (Wildman–Crippen MR) is 40.7 cm³/mol. The van der Waals surface area contributed by atoms with Crippen LogP contribution in [0.3, 0.4) is 0 Å². The summed E-state index contributed by atoms with van der Waals surface area (Å²) in [6.07, 6.45) is 0. The third-order valence-electron chi connectivity index (χ3n) is 0. The zero-order chi connectivity index (χ0) is 10.0. The van der Waals surface area contributed by atoms with Crippen LogP contribution in [0.25, 0.3) is 0 Å². The molecule has 0 heterocycles. The molecule has 5 nitrogen and oxygen atoms in total. The van der Waals surface area contributed by atoms with Crippen LogP contribution in [0.1, 0.15) is 0 Å². The van der Waals surface area contributed by atoms with Crippen molar-refractivity contribution in [3.05, 3.63) is 0 Å². The molecular weight excluding hydrogens is 257 g/mol. The Bertz CT molecular complexity index is 19.8. The van der Waals surface area contributed by atoms with Gasteiger partial charge in [0.05, 0.1) is 0 Å². The van der Waals surface area contributed by atoms with E-state index in [1.807, 2.05) is 0 Å². The van der Waals surface area contributed by atoms with Gasteiger partial charge in [-0.25, -0.2) is 0 Å². The van der Waals surface area contributed by atoms with Gasteiger partial charge < -0.3 is 25.5 Å². The molecule has 0 aromatic carbocycles. The molecule has 0 fully saturated rings. The minimum absolute atomic E-state index is 0. The van der Waals surface area contributed by atoms with Crippen molar-refractivity contribution in [1.82, 2.24) is 0 Å². The molecule has 0 aliphatic carbocycles. The van der Waals surface area contributed by atoms with Gasteiger partial charge >= 0.3 is 0 Å². The molecule has 5 N–H and O–H groups in total. The van der Waals surface area contributed by atoms with Crippen molar-refractivity contribution in [1.29, 1.82) is 0 Å². The number of hydrogen-bond acceptors (Lipinski definition) is 5. The molecule has 0 amide bonds. The van der Waals surface area contributed by atoms with Crippen molar-refractivity contribution in [2.75, 3.05) is 35.5 Å². The maximum atomic E-state index is 7.00. The first-order valence-electron chi connectivity index (χ1n) is 2.24. The molecule has 0 rings (SSSR count). The van der Waals surface area contributed by atoms with E-state index in [1.54, 1.807) is 0 Å². The normalized spacial score (nSPS) is 2.50. The van der Waals surface area contributed by atoms with E-state index in [0.717, 1.165) is 35.5 Å². The van der Waals surface area contributed by atoms with E-state index in [9.17, 15) is 0 Å². The third-order valence-corrected chi connectivity index (χ3v) is 0. The van der Waals surface area contributed by atoms with Gasteiger partial charge in [-0.15, -0.1) is 0 Å². The second kappa shape index (κ2) is 1570. The molecule has 0 bridgehead atoms. The zero-order valence-electron chi connectivity index (χ0n) is 8.35. The van der Waals surface area contributed by atoms with E-state index < -0.39 is 0 Å². The predicted octanol–water partition coefficient (Wildman–Crippen LogP) is -1.96. The molecule has 0 radical (unpaired) electrons. The fourth-order valence-electron chi connectivity index (χ4n) is 0. The smallest absolute Gasteiger partial charge is 0.0319 e. The minimum Gasteiger partial charge on any atom is -0.400 e. The summed E-state index contributed by atoms with van der Waals surface area (Å²) in [6, 6.07) is 0. The Hall–Kier alpha value is 0.956. The van der Waals surface area contributed by atoms with E-state index in [2.05, 4.69) is 0 Å². The largest absolute Gasteiger partial charge is 0.400 e. The van der Waals surface area contributed by atoms with E-state index >= 15 is 0 Å². The Labute approximate surface area is 98.0 Å². The van der Waals surface area contributed by atoms with Crippen LogP contribution in [0.4, 0.5) is 0 Å². The summed E-state index contributed by atoms with van der Waals surface area (Å²) >= 11 is 0. The van der Waals surface area contributed by atoms with E-state index in [4.69, 9.17) is 25.5 Å². The van der Waals surface area contributed by atoms with Crippen molar-refractivity contribution in [3.63, 3.8) is 0 Å². The Morgan fingerprint density at radius 3 is 0.417 bits per heavy atom. The van der Waals surface area contributed by atoms with E-state index in [0.29, 0.717) is 0 Å². The van der Waals surface area contributed by atoms with Gasteiger partial charge in [0.1, 0.15) is 0 Å². The van der Waals surface area contributed by atoms with Gasteiger partial charge in [-0.05, 0) is 0 Å². The maximum Gasteiger partial charge on any atom is 0.0319 e. The summed E-state index contributed by atoms with van der Waals surface area (Å²) in [7, 11) is 5.00. The van der Waals surface area contributed by atoms with E-state index in [1.165, 1.54) is 0 Å². The number of hydrogen-bond donors (Lipinski definition) is 5. The van der Waals surface area contributed by atoms with Crippen LogP contribution in [-0.2, 0) is 36.8 Å². The standard InChI is InChI=1S/5CH4O.Cr.Zn/c5*1-2;;/h5*2H,1H3;;. The second-order valence-corrected chi connectivity index (χ2v) is 0. The van der Waals surface area contributed by atoms with Gasteiger partial charge in [-0.3, -0.25) is 0 Å². The Morgan fingerprint density at radius 1 is 0.417 bits per heavy atom. The number of aliphatic hydroxyl groups is 5. The Balaban J connectivity index is -0.00000000500. The first-order chi connectivity index (χ1) is 5.00. The van der Waals surface area contributed by atoms with Crippen LogP contribution >= 0.6 is 0 Å². The molecule has 0 aromatic rings. The molecule has 0 saturated carbocycles. The van der Waals surface area contributed by atoms with Gasteiger partial charge in [0.2, 0.25) is 0 Å². The van der Waals surface area contributed by atoms with Crippen molar-refractivity contribution >= 4 is 0 Å². The minimum atomic E-state index is 0. The number of rotatable bonds is 0. The van der Waals surface area contributed by atoms with Crippen LogP contribution in [0.2, 0.25) is 0 Å². The average molecular weight is 278 g/mol. The van der Waals surface area contributed by atoms with Crippen LogP contribution < -0.4 is 0 Å². The van der Waals surface area contributed by atoms with Gasteiger partial charge in [-0.2, -0.15) is 0 Å². The van der Waals surface area contributed by atoms with Crippen molar-refractivity contribution < 1.29 is 62.4 Å². The first-order valence-corrected chi connectivity index (χ1v) is 2.24. The molecule has 12 heavy (non-hydrogen) atoms. The van der Waals surface area contributed by atoms with Crippen LogP contribution in [-0.4, -0.2) is 61.1 Å². The molecule has 0 aromatic heterocycles. The van der Waals surface area contributed by atoms with Gasteiger partial charge in [-0.1, -0.05) is 0 Å². The first kappa shape index (κ1) is 52.2. The summed E-state index contributed by atoms with van der Waals surface area (Å²) in [6.45, 7) is 0. The average Bonchev–Trinajstić information content (AvgIpc) is 2.20. The molecule has 0 aliphatic rings. The molecule has 78 valence electrons. The third kappa shape index (κ3) is 1190. The quantitative estimate of drug-likeness (QED) is 0.331. The van der Waals surface area contributed by atoms with Gasteiger partial charge in [0.25, 0.3) is 0 Å². The van der Waals surface area contributed by atoms with E-state index in [-0.39, 0.29) is 36.8 Å². The second-order valence-electron chi connectivity index (χ2n) is 0. The topological polar surface area (TPSA) is 101 Å². The molecule has 7 heteroatoms. The molecule has 0 unspecified atom stereocenters. The molecular formula is C5H20CrO5Zn. The SMILES string of the molecule is CO.CO.CO.CO.CO.[Cr].[Zn]. The number of aliphatic hydroxyl groups excluding tert-OH is 5. The summed E-state index contributed by atoms with van der Waals surface area (Å²) in [5.74, 6) is 0. The zero-order valence-corrected chi connectivity index (χ0v) is 12.6. The molecule has 0 aliphatic heterocycles. The fourth-order valence-corrected chi connectivity index (χ4v) is 0. The summed E-state index contributed by atoms with van der Waals surface area (Å²) in [5, 5.41) is 35.0. The summed E-state index contributed by atoms with van der Waals surface area (Å²) < 4.78 is 0. The summed E-state index contributed by atoms with van der Waals surface area (Å²) in [5.41, 5.74) is 0. The van der Waals surface area contributed by atoms with Crippen LogP contribution in [0.15, 0.2) is 0 Å². The Kier molecular flexibility index (Phi) is 6830. The Morgan fingerprint density at radius 2 is 0.417 bits per heavy atom. The fraction of sp³-hybridized carbons (Fsp3) is 1.00. The van der Waals surface area contributed by atoms with Gasteiger partial charge in [0, 0.05) is 72.4 Å². The van der Waals surface area contributed by atoms with Gasteiger partial charge in [0.15, 0.2) is 0 Å². The monoisotopic (exact) mass is 276 g/mol. The van der Waals surface area contributed by atoms with Crippen LogP contribution in [0, 0.1) is 0 Å². The molecule has 0 atom stereocenters. The molecule has 0 saturated heterocycles. The van der Waals surface area contributed by atoms with Crippen molar-refractivity contribution in [2.24, 2.45) is 0 Å². The maximum absolute atomic E-state index is 7.00. The van der Waals surface area contributed by atoms with Crippen LogP contribution in [0.5, 0.6) is 0 Å². The molecule has 0 spiro atoms.